The van der Waals surface area contributed by atoms with Gasteiger partial charge in [0.15, 0.2) is 0 Å². The van der Waals surface area contributed by atoms with Gasteiger partial charge in [0.2, 0.25) is 5.91 Å². The van der Waals surface area contributed by atoms with Crippen LogP contribution in [0.2, 0.25) is 5.02 Å². The Hall–Kier alpha value is -2.12. The number of nitrogens with zero attached hydrogens (tertiary/aromatic N) is 3. The van der Waals surface area contributed by atoms with E-state index in [1.807, 2.05) is 0 Å². The van der Waals surface area contributed by atoms with Gasteiger partial charge in [-0.2, -0.15) is 0 Å². The number of fused-ring (bicyclic) bond motifs is 2. The van der Waals surface area contributed by atoms with Crippen LogP contribution in [0.5, 0.6) is 0 Å². The van der Waals surface area contributed by atoms with Gasteiger partial charge in [0.25, 0.3) is 5.91 Å². The van der Waals surface area contributed by atoms with E-state index in [2.05, 4.69) is 10.3 Å². The van der Waals surface area contributed by atoms with Crippen LogP contribution in [0.4, 0.5) is 0 Å². The lowest BCUT2D eigenvalue weighted by molar-refractivity contribution is -0.123. The maximum absolute atomic E-state index is 12.7. The van der Waals surface area contributed by atoms with Gasteiger partial charge in [-0.3, -0.25) is 9.59 Å². The largest absolute Gasteiger partial charge is 0.372 e. The van der Waals surface area contributed by atoms with Crippen molar-refractivity contribution >= 4 is 29.1 Å². The van der Waals surface area contributed by atoms with Gasteiger partial charge in [0.1, 0.15) is 11.3 Å². The molecule has 0 bridgehead atoms. The molecule has 2 aromatic heterocycles. The number of imidazole rings is 1. The summed E-state index contributed by atoms with van der Waals surface area (Å²) in [5.74, 6) is 0.173. The first-order valence-corrected chi connectivity index (χ1v) is 8.71. The summed E-state index contributed by atoms with van der Waals surface area (Å²) in [7, 11) is 1.63. The third kappa shape index (κ3) is 3.09. The molecule has 8 heteroatoms. The molecule has 2 aliphatic rings. The van der Waals surface area contributed by atoms with Crippen molar-refractivity contribution < 1.29 is 14.3 Å². The summed E-state index contributed by atoms with van der Waals surface area (Å²) in [4.78, 5) is 30.4. The molecule has 3 atom stereocenters. The fourth-order valence-electron chi connectivity index (χ4n) is 3.70. The van der Waals surface area contributed by atoms with Crippen LogP contribution in [-0.2, 0) is 9.53 Å². The standard InChI is InChI=1S/C17H19ClN4O3/c1-19-16(23)5-12-4-10-6-22(9-14(10)25-12)17(24)13-8-21-7-11(18)2-3-15(21)20-13/h2-3,7-8,10,12,14H,4-6,9H2,1H3,(H,19,23)/t10-,12+,14+/m0/s1. The van der Waals surface area contributed by atoms with Gasteiger partial charge in [-0.15, -0.1) is 0 Å². The van der Waals surface area contributed by atoms with E-state index < -0.39 is 0 Å². The van der Waals surface area contributed by atoms with E-state index in [1.54, 1.807) is 40.9 Å². The predicted octanol–water partition coefficient (Wildman–Crippen LogP) is 1.35. The molecule has 4 rings (SSSR count). The third-order valence-electron chi connectivity index (χ3n) is 4.93. The van der Waals surface area contributed by atoms with E-state index in [1.165, 1.54) is 0 Å². The molecule has 2 fully saturated rings. The molecule has 1 N–H and O–H groups in total. The Morgan fingerprint density at radius 2 is 2.20 bits per heavy atom. The Bertz CT molecular complexity index is 822. The van der Waals surface area contributed by atoms with E-state index in [4.69, 9.17) is 16.3 Å². The first-order chi connectivity index (χ1) is 12.0. The molecule has 2 aromatic rings. The summed E-state index contributed by atoms with van der Waals surface area (Å²) < 4.78 is 7.70. The van der Waals surface area contributed by atoms with Gasteiger partial charge in [-0.1, -0.05) is 11.6 Å². The number of carbonyl (C=O) groups excluding carboxylic acids is 2. The average Bonchev–Trinajstić information content (AvgIpc) is 3.25. The van der Waals surface area contributed by atoms with Crippen molar-refractivity contribution in [3.63, 3.8) is 0 Å². The predicted molar refractivity (Wildman–Crippen MR) is 91.6 cm³/mol. The molecule has 0 radical (unpaired) electrons. The van der Waals surface area contributed by atoms with Gasteiger partial charge in [0, 0.05) is 38.4 Å². The van der Waals surface area contributed by atoms with Crippen molar-refractivity contribution in [2.24, 2.45) is 5.92 Å². The topological polar surface area (TPSA) is 75.9 Å². The van der Waals surface area contributed by atoms with Gasteiger partial charge in [-0.25, -0.2) is 4.98 Å². The molecule has 0 unspecified atom stereocenters. The lowest BCUT2D eigenvalue weighted by Crippen LogP contribution is -2.32. The number of ether oxygens (including phenoxy) is 1. The van der Waals surface area contributed by atoms with Gasteiger partial charge < -0.3 is 19.4 Å². The van der Waals surface area contributed by atoms with E-state index >= 15 is 0 Å². The Morgan fingerprint density at radius 3 is 2.96 bits per heavy atom. The Labute approximate surface area is 149 Å². The molecule has 7 nitrogen and oxygen atoms in total. The first kappa shape index (κ1) is 16.4. The monoisotopic (exact) mass is 362 g/mol. The SMILES string of the molecule is CNC(=O)C[C@H]1C[C@H]2CN(C(=O)c3cn4cc(Cl)ccc4n3)C[C@H]2O1. The highest BCUT2D eigenvalue weighted by molar-refractivity contribution is 6.30. The maximum atomic E-state index is 12.7. The quantitative estimate of drug-likeness (QED) is 0.894. The maximum Gasteiger partial charge on any atom is 0.274 e. The molecule has 4 heterocycles. The Morgan fingerprint density at radius 1 is 1.36 bits per heavy atom. The number of likely N-dealkylation sites (tertiary alicyclic amines) is 1. The zero-order chi connectivity index (χ0) is 17.6. The molecule has 0 saturated carbocycles. The van der Waals surface area contributed by atoms with Crippen molar-refractivity contribution in [2.75, 3.05) is 20.1 Å². The number of hydrogen-bond donors (Lipinski definition) is 1. The lowest BCUT2D eigenvalue weighted by atomic mass is 10.0. The molecule has 0 aromatic carbocycles. The first-order valence-electron chi connectivity index (χ1n) is 8.33. The second-order valence-corrected chi connectivity index (χ2v) is 7.06. The Kier molecular flexibility index (Phi) is 4.13. The van der Waals surface area contributed by atoms with Crippen LogP contribution in [0.1, 0.15) is 23.3 Å². The van der Waals surface area contributed by atoms with Crippen LogP contribution in [0.3, 0.4) is 0 Å². The molecule has 0 aliphatic carbocycles. The molecular weight excluding hydrogens is 344 g/mol. The summed E-state index contributed by atoms with van der Waals surface area (Å²) in [6.07, 6.45) is 4.57. The minimum Gasteiger partial charge on any atom is -0.372 e. The highest BCUT2D eigenvalue weighted by Gasteiger charge is 2.44. The summed E-state index contributed by atoms with van der Waals surface area (Å²) in [5.41, 5.74) is 1.10. The van der Waals surface area contributed by atoms with Crippen molar-refractivity contribution in [1.29, 1.82) is 0 Å². The highest BCUT2D eigenvalue weighted by atomic mass is 35.5. The zero-order valence-electron chi connectivity index (χ0n) is 13.8. The van der Waals surface area contributed by atoms with Crippen molar-refractivity contribution in [3.05, 3.63) is 35.2 Å². The molecule has 2 amide bonds. The van der Waals surface area contributed by atoms with Crippen LogP contribution in [0, 0.1) is 5.92 Å². The van der Waals surface area contributed by atoms with Gasteiger partial charge in [-0.05, 0) is 18.6 Å². The van der Waals surface area contributed by atoms with E-state index in [-0.39, 0.29) is 29.9 Å². The van der Waals surface area contributed by atoms with Crippen LogP contribution in [-0.4, -0.2) is 58.4 Å². The third-order valence-corrected chi connectivity index (χ3v) is 5.15. The molecule has 132 valence electrons. The second kappa shape index (κ2) is 6.31. The lowest BCUT2D eigenvalue weighted by Gasteiger charge is -2.18. The molecule has 25 heavy (non-hydrogen) atoms. The van der Waals surface area contributed by atoms with E-state index in [0.29, 0.717) is 35.9 Å². The number of aromatic nitrogens is 2. The molecule has 2 aliphatic heterocycles. The fourth-order valence-corrected chi connectivity index (χ4v) is 3.87. The number of rotatable bonds is 3. The molecular formula is C17H19ClN4O3. The summed E-state index contributed by atoms with van der Waals surface area (Å²) in [5, 5.41) is 3.21. The molecule has 2 saturated heterocycles. The number of hydrogen-bond acceptors (Lipinski definition) is 4. The number of amides is 2. The van der Waals surface area contributed by atoms with Gasteiger partial charge >= 0.3 is 0 Å². The fraction of sp³-hybridized carbons (Fsp3) is 0.471. The van der Waals surface area contributed by atoms with Crippen molar-refractivity contribution in [3.8, 4) is 0 Å². The van der Waals surface area contributed by atoms with Gasteiger partial charge in [0.05, 0.1) is 23.7 Å². The summed E-state index contributed by atoms with van der Waals surface area (Å²) in [6, 6.07) is 3.53. The minimum absolute atomic E-state index is 0.00471. The smallest absolute Gasteiger partial charge is 0.274 e. The number of pyridine rings is 1. The van der Waals surface area contributed by atoms with E-state index in [9.17, 15) is 9.59 Å². The van der Waals surface area contributed by atoms with Crippen LogP contribution < -0.4 is 5.32 Å². The second-order valence-electron chi connectivity index (χ2n) is 6.62. The van der Waals surface area contributed by atoms with Crippen molar-refractivity contribution in [2.45, 2.75) is 25.0 Å². The zero-order valence-corrected chi connectivity index (χ0v) is 14.6. The van der Waals surface area contributed by atoms with Crippen LogP contribution >= 0.6 is 11.6 Å². The highest BCUT2D eigenvalue weighted by Crippen LogP contribution is 2.34. The van der Waals surface area contributed by atoms with Crippen molar-refractivity contribution in [1.82, 2.24) is 19.6 Å². The number of halogens is 1. The summed E-state index contributed by atoms with van der Waals surface area (Å²) in [6.45, 7) is 1.19. The number of carbonyl (C=O) groups is 2. The van der Waals surface area contributed by atoms with Crippen LogP contribution in [0.25, 0.3) is 5.65 Å². The van der Waals surface area contributed by atoms with Crippen LogP contribution in [0.15, 0.2) is 24.5 Å². The summed E-state index contributed by atoms with van der Waals surface area (Å²) >= 11 is 5.97. The van der Waals surface area contributed by atoms with E-state index in [0.717, 1.165) is 6.42 Å². The Balaban J connectivity index is 1.42. The molecule has 0 spiro atoms. The normalized spacial score (nSPS) is 25.4. The minimum atomic E-state index is -0.0966. The number of nitrogens with one attached hydrogen (secondary N) is 1. The average molecular weight is 363 g/mol.